The van der Waals surface area contributed by atoms with E-state index in [1.165, 1.54) is 0 Å². The van der Waals surface area contributed by atoms with E-state index in [2.05, 4.69) is 5.32 Å². The van der Waals surface area contributed by atoms with Gasteiger partial charge in [-0.25, -0.2) is 0 Å². The number of nitrogens with one attached hydrogen (secondary N) is 1. The average molecular weight is 277 g/mol. The Labute approximate surface area is 117 Å². The number of rotatable bonds is 7. The predicted octanol–water partition coefficient (Wildman–Crippen LogP) is 2.07. The van der Waals surface area contributed by atoms with Gasteiger partial charge in [0, 0.05) is 19.4 Å². The first-order valence-corrected chi connectivity index (χ1v) is 6.67. The van der Waals surface area contributed by atoms with Crippen molar-refractivity contribution >= 4 is 17.6 Å². The second-order valence-electron chi connectivity index (χ2n) is 5.25. The first-order valence-electron chi connectivity index (χ1n) is 6.67. The van der Waals surface area contributed by atoms with Crippen molar-refractivity contribution in [2.45, 2.75) is 25.7 Å². The van der Waals surface area contributed by atoms with Gasteiger partial charge < -0.3 is 15.2 Å². The highest BCUT2D eigenvalue weighted by atomic mass is 16.5. The van der Waals surface area contributed by atoms with Gasteiger partial charge >= 0.3 is 5.97 Å². The number of benzene rings is 1. The normalized spacial score (nSPS) is 15.7. The Hall–Kier alpha value is -1.88. The fourth-order valence-electron chi connectivity index (χ4n) is 2.24. The van der Waals surface area contributed by atoms with Gasteiger partial charge in [-0.3, -0.25) is 9.59 Å². The highest BCUT2D eigenvalue weighted by Crippen LogP contribution is 2.49. The molecule has 5 heteroatoms. The van der Waals surface area contributed by atoms with Crippen LogP contribution < -0.4 is 5.32 Å². The minimum atomic E-state index is -0.882. The molecule has 0 radical (unpaired) electrons. The Bertz CT molecular complexity index is 508. The number of aliphatic carboxylic acids is 1. The molecule has 0 atom stereocenters. The molecule has 0 bridgehead atoms. The Morgan fingerprint density at radius 1 is 1.40 bits per heavy atom. The summed E-state index contributed by atoms with van der Waals surface area (Å²) in [7, 11) is 1.63. The number of amides is 1. The molecule has 0 aromatic heterocycles. The zero-order chi connectivity index (χ0) is 14.6. The van der Waals surface area contributed by atoms with Crippen LogP contribution in [0.15, 0.2) is 24.3 Å². The smallest absolute Gasteiger partial charge is 0.307 e. The molecule has 1 aromatic carbocycles. The lowest BCUT2D eigenvalue weighted by atomic mass is 10.0. The molecule has 1 aliphatic carbocycles. The molecular formula is C15H19NO4. The number of methoxy groups -OCH3 is 1. The van der Waals surface area contributed by atoms with Crippen LogP contribution in [0.2, 0.25) is 0 Å². The summed E-state index contributed by atoms with van der Waals surface area (Å²) >= 11 is 0. The van der Waals surface area contributed by atoms with Gasteiger partial charge in [-0.15, -0.1) is 0 Å². The van der Waals surface area contributed by atoms with E-state index in [0.717, 1.165) is 19.3 Å². The SMILES string of the molecule is COCCC1(C(=O)Nc2cccc(CC(=O)O)c2)CC1. The van der Waals surface area contributed by atoms with Gasteiger partial charge in [-0.05, 0) is 37.0 Å². The first-order chi connectivity index (χ1) is 9.55. The molecule has 20 heavy (non-hydrogen) atoms. The van der Waals surface area contributed by atoms with E-state index in [0.29, 0.717) is 17.9 Å². The van der Waals surface area contributed by atoms with Crippen molar-refractivity contribution in [2.24, 2.45) is 5.41 Å². The number of carboxylic acid groups (broad SMARTS) is 1. The van der Waals surface area contributed by atoms with E-state index >= 15 is 0 Å². The van der Waals surface area contributed by atoms with E-state index in [-0.39, 0.29) is 17.7 Å². The molecule has 0 spiro atoms. The largest absolute Gasteiger partial charge is 0.481 e. The van der Waals surface area contributed by atoms with Gasteiger partial charge in [0.1, 0.15) is 0 Å². The monoisotopic (exact) mass is 277 g/mol. The van der Waals surface area contributed by atoms with Crippen LogP contribution in [0.3, 0.4) is 0 Å². The fourth-order valence-corrected chi connectivity index (χ4v) is 2.24. The fraction of sp³-hybridized carbons (Fsp3) is 0.467. The summed E-state index contributed by atoms with van der Waals surface area (Å²) in [5, 5.41) is 11.7. The summed E-state index contributed by atoms with van der Waals surface area (Å²) in [6.07, 6.45) is 2.46. The lowest BCUT2D eigenvalue weighted by Gasteiger charge is -2.15. The van der Waals surface area contributed by atoms with Crippen LogP contribution in [0.5, 0.6) is 0 Å². The lowest BCUT2D eigenvalue weighted by Crippen LogP contribution is -2.25. The number of anilines is 1. The maximum absolute atomic E-state index is 12.3. The second kappa shape index (κ2) is 6.05. The molecule has 1 aromatic rings. The Balaban J connectivity index is 1.99. The van der Waals surface area contributed by atoms with E-state index in [1.807, 2.05) is 0 Å². The molecule has 2 N–H and O–H groups in total. The maximum atomic E-state index is 12.3. The number of hydrogen-bond acceptors (Lipinski definition) is 3. The minimum Gasteiger partial charge on any atom is -0.481 e. The zero-order valence-corrected chi connectivity index (χ0v) is 11.5. The Morgan fingerprint density at radius 3 is 2.75 bits per heavy atom. The predicted molar refractivity (Wildman–Crippen MR) is 74.6 cm³/mol. The number of carbonyl (C=O) groups excluding carboxylic acids is 1. The molecule has 0 aliphatic heterocycles. The highest BCUT2D eigenvalue weighted by molar-refractivity contribution is 5.97. The topological polar surface area (TPSA) is 75.6 Å². The molecule has 1 aliphatic rings. The quantitative estimate of drug-likeness (QED) is 0.800. The third-order valence-electron chi connectivity index (χ3n) is 3.66. The number of carboxylic acids is 1. The van der Waals surface area contributed by atoms with Gasteiger partial charge in [0.15, 0.2) is 0 Å². The van der Waals surface area contributed by atoms with Crippen LogP contribution >= 0.6 is 0 Å². The van der Waals surface area contributed by atoms with E-state index < -0.39 is 5.97 Å². The molecular weight excluding hydrogens is 258 g/mol. The summed E-state index contributed by atoms with van der Waals surface area (Å²) in [4.78, 5) is 22.9. The van der Waals surface area contributed by atoms with Crippen LogP contribution in [0, 0.1) is 5.41 Å². The van der Waals surface area contributed by atoms with Crippen molar-refractivity contribution in [3.8, 4) is 0 Å². The molecule has 1 fully saturated rings. The van der Waals surface area contributed by atoms with Crippen molar-refractivity contribution in [3.63, 3.8) is 0 Å². The summed E-state index contributed by atoms with van der Waals surface area (Å²) < 4.78 is 5.04. The summed E-state index contributed by atoms with van der Waals surface area (Å²) in [5.74, 6) is -0.880. The van der Waals surface area contributed by atoms with Crippen molar-refractivity contribution in [3.05, 3.63) is 29.8 Å². The third kappa shape index (κ3) is 3.57. The first kappa shape index (κ1) is 14.5. The van der Waals surface area contributed by atoms with Crippen LogP contribution in [-0.4, -0.2) is 30.7 Å². The van der Waals surface area contributed by atoms with Crippen LogP contribution in [-0.2, 0) is 20.7 Å². The second-order valence-corrected chi connectivity index (χ2v) is 5.25. The zero-order valence-electron chi connectivity index (χ0n) is 11.5. The molecule has 0 unspecified atom stereocenters. The molecule has 1 saturated carbocycles. The average Bonchev–Trinajstić information content (AvgIpc) is 3.17. The number of carbonyl (C=O) groups is 2. The van der Waals surface area contributed by atoms with Crippen LogP contribution in [0.25, 0.3) is 0 Å². The van der Waals surface area contributed by atoms with E-state index in [4.69, 9.17) is 9.84 Å². The van der Waals surface area contributed by atoms with Crippen LogP contribution in [0.4, 0.5) is 5.69 Å². The van der Waals surface area contributed by atoms with Gasteiger partial charge in [0.2, 0.25) is 5.91 Å². The standard InChI is InChI=1S/C15H19NO4/c1-20-8-7-15(5-6-15)14(19)16-12-4-2-3-11(9-12)10-13(17)18/h2-4,9H,5-8,10H2,1H3,(H,16,19)(H,17,18). The van der Waals surface area contributed by atoms with Crippen molar-refractivity contribution < 1.29 is 19.4 Å². The van der Waals surface area contributed by atoms with E-state index in [1.54, 1.807) is 31.4 Å². The highest BCUT2D eigenvalue weighted by Gasteiger charge is 2.49. The summed E-state index contributed by atoms with van der Waals surface area (Å²) in [5.41, 5.74) is 1.04. The third-order valence-corrected chi connectivity index (χ3v) is 3.66. The van der Waals surface area contributed by atoms with E-state index in [9.17, 15) is 9.59 Å². The molecule has 108 valence electrons. The Kier molecular flexibility index (Phi) is 4.39. The molecule has 1 amide bonds. The molecule has 0 heterocycles. The molecule has 0 saturated heterocycles. The molecule has 5 nitrogen and oxygen atoms in total. The maximum Gasteiger partial charge on any atom is 0.307 e. The van der Waals surface area contributed by atoms with Gasteiger partial charge in [-0.2, -0.15) is 0 Å². The molecule has 2 rings (SSSR count). The van der Waals surface area contributed by atoms with Gasteiger partial charge in [-0.1, -0.05) is 12.1 Å². The Morgan fingerprint density at radius 2 is 2.15 bits per heavy atom. The summed E-state index contributed by atoms with van der Waals surface area (Å²) in [6, 6.07) is 6.97. The minimum absolute atomic E-state index is 0.00188. The van der Waals surface area contributed by atoms with Crippen LogP contribution in [0.1, 0.15) is 24.8 Å². The number of hydrogen-bond donors (Lipinski definition) is 2. The lowest BCUT2D eigenvalue weighted by molar-refractivity contribution is -0.136. The van der Waals surface area contributed by atoms with Gasteiger partial charge in [0.05, 0.1) is 11.8 Å². The van der Waals surface area contributed by atoms with Crippen molar-refractivity contribution in [2.75, 3.05) is 19.0 Å². The number of ether oxygens (including phenoxy) is 1. The van der Waals surface area contributed by atoms with Crippen molar-refractivity contribution in [1.82, 2.24) is 0 Å². The van der Waals surface area contributed by atoms with Gasteiger partial charge in [0.25, 0.3) is 0 Å². The van der Waals surface area contributed by atoms with Crippen molar-refractivity contribution in [1.29, 1.82) is 0 Å². The summed E-state index contributed by atoms with van der Waals surface area (Å²) in [6.45, 7) is 0.576.